The smallest absolute Gasteiger partial charge is 0.480 e. The van der Waals surface area contributed by atoms with E-state index in [9.17, 15) is 4.79 Å². The number of carbonyl (C=O) groups is 1. The first-order valence-electron chi connectivity index (χ1n) is 8.08. The molecule has 8 nitrogen and oxygen atoms in total. The van der Waals surface area contributed by atoms with Gasteiger partial charge in [-0.05, 0) is 27.7 Å². The van der Waals surface area contributed by atoms with Crippen molar-refractivity contribution in [1.29, 1.82) is 0 Å². The van der Waals surface area contributed by atoms with Crippen LogP contribution in [0.4, 0.5) is 5.95 Å². The summed E-state index contributed by atoms with van der Waals surface area (Å²) in [5.41, 5.74) is -0.0741. The maximum Gasteiger partial charge on any atom is 0.498 e. The van der Waals surface area contributed by atoms with Crippen LogP contribution in [0.1, 0.15) is 27.7 Å². The standard InChI is InChI=1S/C15H23BN4O4/c1-14(2)15(3,4)24-16(23-14)10-7-18-13(19-8-10)20-6-5-17-11(9-20)12(21)22/h7-8,11,17H,5-6,9H2,1-4H3,(H,21,22)/t11-/m0/s1. The predicted molar refractivity (Wildman–Crippen MR) is 89.4 cm³/mol. The van der Waals surface area contributed by atoms with E-state index in [2.05, 4.69) is 15.3 Å². The maximum atomic E-state index is 11.1. The molecular formula is C15H23BN4O4. The molecule has 0 aromatic carbocycles. The number of nitrogens with zero attached hydrogens (tertiary/aromatic N) is 3. The summed E-state index contributed by atoms with van der Waals surface area (Å²) in [6, 6.07) is -0.606. The topological polar surface area (TPSA) is 96.8 Å². The fourth-order valence-electron chi connectivity index (χ4n) is 2.69. The molecule has 1 aromatic heterocycles. The van der Waals surface area contributed by atoms with Crippen LogP contribution in [0.2, 0.25) is 0 Å². The summed E-state index contributed by atoms with van der Waals surface area (Å²) in [6.45, 7) is 9.57. The van der Waals surface area contributed by atoms with Crippen molar-refractivity contribution in [3.05, 3.63) is 12.4 Å². The van der Waals surface area contributed by atoms with Gasteiger partial charge >= 0.3 is 13.1 Å². The fourth-order valence-corrected chi connectivity index (χ4v) is 2.69. The second-order valence-electron chi connectivity index (χ2n) is 7.20. The van der Waals surface area contributed by atoms with Gasteiger partial charge in [-0.25, -0.2) is 9.97 Å². The lowest BCUT2D eigenvalue weighted by molar-refractivity contribution is -0.139. The summed E-state index contributed by atoms with van der Waals surface area (Å²) >= 11 is 0. The van der Waals surface area contributed by atoms with Crippen LogP contribution in [0, 0.1) is 0 Å². The lowest BCUT2D eigenvalue weighted by Crippen LogP contribution is -2.54. The van der Waals surface area contributed by atoms with E-state index in [1.165, 1.54) is 0 Å². The lowest BCUT2D eigenvalue weighted by Gasteiger charge is -2.32. The van der Waals surface area contributed by atoms with Crippen molar-refractivity contribution in [2.45, 2.75) is 44.9 Å². The highest BCUT2D eigenvalue weighted by Gasteiger charge is 2.52. The second kappa shape index (κ2) is 5.98. The van der Waals surface area contributed by atoms with Gasteiger partial charge in [-0.1, -0.05) is 0 Å². The van der Waals surface area contributed by atoms with Crippen molar-refractivity contribution in [3.8, 4) is 0 Å². The molecule has 2 aliphatic heterocycles. The molecule has 0 bridgehead atoms. The van der Waals surface area contributed by atoms with E-state index in [1.54, 1.807) is 12.4 Å². The summed E-state index contributed by atoms with van der Waals surface area (Å²) in [6.07, 6.45) is 3.37. The Kier molecular flexibility index (Phi) is 4.27. The van der Waals surface area contributed by atoms with Crippen LogP contribution >= 0.6 is 0 Å². The van der Waals surface area contributed by atoms with Gasteiger partial charge in [-0.3, -0.25) is 4.79 Å². The summed E-state index contributed by atoms with van der Waals surface area (Å²) in [5.74, 6) is -0.350. The molecule has 0 amide bonds. The third-order valence-corrected chi connectivity index (χ3v) is 4.94. The molecule has 130 valence electrons. The van der Waals surface area contributed by atoms with E-state index in [0.717, 1.165) is 5.46 Å². The van der Waals surface area contributed by atoms with Gasteiger partial charge in [0, 0.05) is 37.5 Å². The quantitative estimate of drug-likeness (QED) is 0.724. The molecule has 0 aliphatic carbocycles. The monoisotopic (exact) mass is 334 g/mol. The normalized spacial score (nSPS) is 25.8. The number of anilines is 1. The first-order chi connectivity index (χ1) is 11.2. The number of carboxylic acids is 1. The number of carboxylic acid groups (broad SMARTS) is 1. The summed E-state index contributed by atoms with van der Waals surface area (Å²) in [7, 11) is -0.501. The molecular weight excluding hydrogens is 311 g/mol. The molecule has 0 saturated carbocycles. The summed E-state index contributed by atoms with van der Waals surface area (Å²) in [4.78, 5) is 21.7. The number of rotatable bonds is 3. The fraction of sp³-hybridized carbons (Fsp3) is 0.667. The van der Waals surface area contributed by atoms with Gasteiger partial charge in [0.25, 0.3) is 0 Å². The molecule has 1 aromatic rings. The van der Waals surface area contributed by atoms with Crippen molar-refractivity contribution in [2.75, 3.05) is 24.5 Å². The van der Waals surface area contributed by atoms with Gasteiger partial charge < -0.3 is 24.6 Å². The molecule has 1 atom stereocenters. The van der Waals surface area contributed by atoms with Crippen molar-refractivity contribution in [1.82, 2.24) is 15.3 Å². The van der Waals surface area contributed by atoms with Crippen molar-refractivity contribution in [3.63, 3.8) is 0 Å². The van der Waals surface area contributed by atoms with Gasteiger partial charge in [0.15, 0.2) is 0 Å². The van der Waals surface area contributed by atoms with E-state index in [4.69, 9.17) is 14.4 Å². The average Bonchev–Trinajstić information content (AvgIpc) is 2.76. The molecule has 0 spiro atoms. The van der Waals surface area contributed by atoms with Crippen LogP contribution in [0.15, 0.2) is 12.4 Å². The van der Waals surface area contributed by atoms with Crippen LogP contribution in [0.5, 0.6) is 0 Å². The zero-order valence-corrected chi connectivity index (χ0v) is 14.4. The Hall–Kier alpha value is -1.71. The number of piperazine rings is 1. The van der Waals surface area contributed by atoms with Gasteiger partial charge in [0.05, 0.1) is 11.2 Å². The Morgan fingerprint density at radius 3 is 2.42 bits per heavy atom. The minimum absolute atomic E-state index is 0.338. The molecule has 2 aliphatic rings. The van der Waals surface area contributed by atoms with Crippen LogP contribution in [-0.2, 0) is 14.1 Å². The van der Waals surface area contributed by atoms with E-state index in [0.29, 0.717) is 25.6 Å². The highest BCUT2D eigenvalue weighted by molar-refractivity contribution is 6.61. The Labute approximate surface area is 141 Å². The number of hydrogen-bond acceptors (Lipinski definition) is 7. The first kappa shape index (κ1) is 17.1. The number of hydrogen-bond donors (Lipinski definition) is 2. The number of aromatic nitrogens is 2. The minimum Gasteiger partial charge on any atom is -0.480 e. The largest absolute Gasteiger partial charge is 0.498 e. The number of nitrogens with one attached hydrogen (secondary N) is 1. The third kappa shape index (κ3) is 3.11. The Balaban J connectivity index is 1.71. The van der Waals surface area contributed by atoms with Crippen molar-refractivity contribution >= 4 is 24.5 Å². The first-order valence-corrected chi connectivity index (χ1v) is 8.08. The summed E-state index contributed by atoms with van der Waals surface area (Å²) < 4.78 is 12.0. The second-order valence-corrected chi connectivity index (χ2v) is 7.20. The van der Waals surface area contributed by atoms with Crippen molar-refractivity contribution < 1.29 is 19.2 Å². The number of aliphatic carboxylic acids is 1. The summed E-state index contributed by atoms with van der Waals surface area (Å²) in [5, 5.41) is 12.1. The molecule has 2 fully saturated rings. The van der Waals surface area contributed by atoms with E-state index in [1.807, 2.05) is 32.6 Å². The Bertz CT molecular complexity index is 606. The Morgan fingerprint density at radius 2 is 1.88 bits per heavy atom. The van der Waals surface area contributed by atoms with E-state index >= 15 is 0 Å². The zero-order valence-electron chi connectivity index (χ0n) is 14.4. The van der Waals surface area contributed by atoms with Crippen molar-refractivity contribution in [2.24, 2.45) is 0 Å². The SMILES string of the molecule is CC1(C)OB(c2cnc(N3CCN[C@H](C(=O)O)C3)nc2)OC1(C)C. The highest BCUT2D eigenvalue weighted by atomic mass is 16.7. The van der Waals surface area contributed by atoms with E-state index in [-0.39, 0.29) is 0 Å². The average molecular weight is 334 g/mol. The van der Waals surface area contributed by atoms with Gasteiger partial charge in [0.2, 0.25) is 5.95 Å². The maximum absolute atomic E-state index is 11.1. The highest BCUT2D eigenvalue weighted by Crippen LogP contribution is 2.36. The molecule has 2 N–H and O–H groups in total. The Morgan fingerprint density at radius 1 is 1.29 bits per heavy atom. The van der Waals surface area contributed by atoms with E-state index < -0.39 is 30.3 Å². The van der Waals surface area contributed by atoms with Crippen LogP contribution in [-0.4, -0.2) is 65.0 Å². The van der Waals surface area contributed by atoms with Gasteiger partial charge in [-0.2, -0.15) is 0 Å². The third-order valence-electron chi connectivity index (χ3n) is 4.94. The molecule has 0 radical (unpaired) electrons. The molecule has 24 heavy (non-hydrogen) atoms. The van der Waals surface area contributed by atoms with Crippen LogP contribution < -0.4 is 15.7 Å². The molecule has 3 rings (SSSR count). The lowest BCUT2D eigenvalue weighted by atomic mass is 9.81. The molecule has 9 heteroatoms. The van der Waals surface area contributed by atoms with Crippen LogP contribution in [0.25, 0.3) is 0 Å². The zero-order chi connectivity index (χ0) is 17.5. The van der Waals surface area contributed by atoms with Gasteiger partial charge in [0.1, 0.15) is 6.04 Å². The molecule has 3 heterocycles. The molecule has 0 unspecified atom stereocenters. The molecule has 2 saturated heterocycles. The van der Waals surface area contributed by atoms with Gasteiger partial charge in [-0.15, -0.1) is 0 Å². The predicted octanol–water partition coefficient (Wildman–Crippen LogP) is -0.361. The minimum atomic E-state index is -0.867. The van der Waals surface area contributed by atoms with Crippen LogP contribution in [0.3, 0.4) is 0 Å².